The van der Waals surface area contributed by atoms with Gasteiger partial charge < -0.3 is 10.5 Å². The van der Waals surface area contributed by atoms with Crippen molar-refractivity contribution in [3.63, 3.8) is 0 Å². The van der Waals surface area contributed by atoms with E-state index in [1.807, 2.05) is 24.3 Å². The van der Waals surface area contributed by atoms with E-state index >= 15 is 0 Å². The van der Waals surface area contributed by atoms with Crippen LogP contribution in [0.15, 0.2) is 30.6 Å². The molecule has 104 valence electrons. The number of rotatable bonds is 5. The number of benzene rings is 1. The van der Waals surface area contributed by atoms with Crippen LogP contribution in [-0.4, -0.2) is 16.1 Å². The Kier molecular flexibility index (Phi) is 3.54. The molecule has 1 aromatic carbocycles. The van der Waals surface area contributed by atoms with Crippen molar-refractivity contribution in [2.75, 3.05) is 5.73 Å². The lowest BCUT2D eigenvalue weighted by molar-refractivity contribution is 0.303. The normalized spacial score (nSPS) is 14.2. The highest BCUT2D eigenvalue weighted by atomic mass is 16.5. The van der Waals surface area contributed by atoms with Crippen LogP contribution in [-0.2, 0) is 6.42 Å². The molecule has 4 nitrogen and oxygen atoms in total. The molecule has 20 heavy (non-hydrogen) atoms. The van der Waals surface area contributed by atoms with Gasteiger partial charge in [0, 0.05) is 11.1 Å². The molecule has 0 radical (unpaired) electrons. The molecule has 3 rings (SSSR count). The summed E-state index contributed by atoms with van der Waals surface area (Å²) >= 11 is 0. The fourth-order valence-corrected chi connectivity index (χ4v) is 2.24. The van der Waals surface area contributed by atoms with E-state index < -0.39 is 0 Å². The molecule has 0 unspecified atom stereocenters. The van der Waals surface area contributed by atoms with Gasteiger partial charge in [-0.1, -0.05) is 13.3 Å². The largest absolute Gasteiger partial charge is 0.490 e. The zero-order valence-corrected chi connectivity index (χ0v) is 11.7. The van der Waals surface area contributed by atoms with Crippen molar-refractivity contribution < 1.29 is 4.74 Å². The summed E-state index contributed by atoms with van der Waals surface area (Å²) in [4.78, 5) is 8.49. The average Bonchev–Trinajstić information content (AvgIpc) is 3.26. The van der Waals surface area contributed by atoms with Crippen LogP contribution >= 0.6 is 0 Å². The van der Waals surface area contributed by atoms with Crippen LogP contribution in [0.2, 0.25) is 0 Å². The van der Waals surface area contributed by atoms with Gasteiger partial charge in [-0.25, -0.2) is 9.97 Å². The third kappa shape index (κ3) is 2.74. The lowest BCUT2D eigenvalue weighted by Gasteiger charge is -2.10. The number of hydrogen-bond acceptors (Lipinski definition) is 4. The predicted octanol–water partition coefficient (Wildman–Crippen LogP) is 3.22. The molecule has 1 fully saturated rings. The fraction of sp³-hybridized carbons (Fsp3) is 0.375. The van der Waals surface area contributed by atoms with Gasteiger partial charge in [-0.15, -0.1) is 0 Å². The molecule has 0 bridgehead atoms. The minimum Gasteiger partial charge on any atom is -0.490 e. The highest BCUT2D eigenvalue weighted by Gasteiger charge is 2.23. The minimum atomic E-state index is 0.422. The van der Waals surface area contributed by atoms with Gasteiger partial charge >= 0.3 is 0 Å². The Morgan fingerprint density at radius 3 is 2.60 bits per heavy atom. The first-order valence-corrected chi connectivity index (χ1v) is 7.14. The van der Waals surface area contributed by atoms with Crippen LogP contribution in [0.4, 0.5) is 5.82 Å². The van der Waals surface area contributed by atoms with Gasteiger partial charge in [-0.3, -0.25) is 0 Å². The second-order valence-corrected chi connectivity index (χ2v) is 5.18. The Morgan fingerprint density at radius 1 is 1.20 bits per heavy atom. The Hall–Kier alpha value is -2.10. The number of nitrogen functional groups attached to an aromatic ring is 1. The maximum absolute atomic E-state index is 5.97. The molecule has 0 aliphatic heterocycles. The molecule has 1 aromatic heterocycles. The van der Waals surface area contributed by atoms with Gasteiger partial charge in [0.05, 0.1) is 11.8 Å². The predicted molar refractivity (Wildman–Crippen MR) is 79.5 cm³/mol. The van der Waals surface area contributed by atoms with E-state index in [4.69, 9.17) is 10.5 Å². The first-order chi connectivity index (χ1) is 9.78. The van der Waals surface area contributed by atoms with Crippen molar-refractivity contribution in [1.29, 1.82) is 0 Å². The standard InChI is InChI=1S/C16H19N3O/c1-2-3-14-15(18-10-19-16(14)17)11-4-6-12(7-5-11)20-13-8-9-13/h4-7,10,13H,2-3,8-9H2,1H3,(H2,17,18,19). The molecular formula is C16H19N3O. The highest BCUT2D eigenvalue weighted by molar-refractivity contribution is 5.67. The molecule has 4 heteroatoms. The average molecular weight is 269 g/mol. The summed E-state index contributed by atoms with van der Waals surface area (Å²) in [7, 11) is 0. The zero-order valence-electron chi connectivity index (χ0n) is 11.7. The fourth-order valence-electron chi connectivity index (χ4n) is 2.24. The Bertz CT molecular complexity index is 591. The Labute approximate surface area is 119 Å². The SMILES string of the molecule is CCCc1c(N)ncnc1-c1ccc(OC2CC2)cc1. The summed E-state index contributed by atoms with van der Waals surface area (Å²) < 4.78 is 5.76. The molecule has 1 aliphatic carbocycles. The van der Waals surface area contributed by atoms with Crippen molar-refractivity contribution in [3.05, 3.63) is 36.2 Å². The van der Waals surface area contributed by atoms with Crippen molar-refractivity contribution >= 4 is 5.82 Å². The van der Waals surface area contributed by atoms with Gasteiger partial charge in [-0.2, -0.15) is 0 Å². The van der Waals surface area contributed by atoms with Crippen molar-refractivity contribution in [1.82, 2.24) is 9.97 Å². The molecule has 1 saturated carbocycles. The number of aromatic nitrogens is 2. The van der Waals surface area contributed by atoms with Crippen LogP contribution in [0.25, 0.3) is 11.3 Å². The van der Waals surface area contributed by atoms with Crippen LogP contribution in [0, 0.1) is 0 Å². The number of ether oxygens (including phenoxy) is 1. The summed E-state index contributed by atoms with van der Waals surface area (Å²) in [6, 6.07) is 8.08. The van der Waals surface area contributed by atoms with Gasteiger partial charge in [0.25, 0.3) is 0 Å². The quantitative estimate of drug-likeness (QED) is 0.905. The third-order valence-corrected chi connectivity index (χ3v) is 3.43. The maximum Gasteiger partial charge on any atom is 0.130 e. The topological polar surface area (TPSA) is 61.0 Å². The minimum absolute atomic E-state index is 0.422. The number of nitrogens with two attached hydrogens (primary N) is 1. The van der Waals surface area contributed by atoms with Gasteiger partial charge in [0.15, 0.2) is 0 Å². The molecule has 1 heterocycles. The summed E-state index contributed by atoms with van der Waals surface area (Å²) in [6.45, 7) is 2.13. The molecule has 2 N–H and O–H groups in total. The second-order valence-electron chi connectivity index (χ2n) is 5.18. The molecular weight excluding hydrogens is 250 g/mol. The smallest absolute Gasteiger partial charge is 0.130 e. The second kappa shape index (κ2) is 5.49. The summed E-state index contributed by atoms with van der Waals surface area (Å²) in [5.41, 5.74) is 9.00. The molecule has 2 aromatic rings. The third-order valence-electron chi connectivity index (χ3n) is 3.43. The van der Waals surface area contributed by atoms with E-state index in [2.05, 4.69) is 16.9 Å². The van der Waals surface area contributed by atoms with E-state index in [0.29, 0.717) is 11.9 Å². The van der Waals surface area contributed by atoms with Gasteiger partial charge in [0.1, 0.15) is 17.9 Å². The summed E-state index contributed by atoms with van der Waals surface area (Å²) in [6.07, 6.45) is 6.20. The van der Waals surface area contributed by atoms with Crippen molar-refractivity contribution in [3.8, 4) is 17.0 Å². The lowest BCUT2D eigenvalue weighted by Crippen LogP contribution is -2.02. The Morgan fingerprint density at radius 2 is 1.95 bits per heavy atom. The van der Waals surface area contributed by atoms with Crippen LogP contribution in [0.5, 0.6) is 5.75 Å². The molecule has 1 aliphatic rings. The van der Waals surface area contributed by atoms with Crippen LogP contribution < -0.4 is 10.5 Å². The van der Waals surface area contributed by atoms with Crippen LogP contribution in [0.3, 0.4) is 0 Å². The first kappa shape index (κ1) is 12.9. The zero-order chi connectivity index (χ0) is 13.9. The van der Waals surface area contributed by atoms with Crippen LogP contribution in [0.1, 0.15) is 31.7 Å². The number of hydrogen-bond donors (Lipinski definition) is 1. The van der Waals surface area contributed by atoms with E-state index in [-0.39, 0.29) is 0 Å². The molecule has 0 atom stereocenters. The van der Waals surface area contributed by atoms with Crippen molar-refractivity contribution in [2.45, 2.75) is 38.7 Å². The first-order valence-electron chi connectivity index (χ1n) is 7.14. The van der Waals surface area contributed by atoms with E-state index in [1.54, 1.807) is 0 Å². The van der Waals surface area contributed by atoms with E-state index in [9.17, 15) is 0 Å². The van der Waals surface area contributed by atoms with Gasteiger partial charge in [-0.05, 0) is 43.5 Å². The van der Waals surface area contributed by atoms with Crippen molar-refractivity contribution in [2.24, 2.45) is 0 Å². The Balaban J connectivity index is 1.89. The van der Waals surface area contributed by atoms with E-state index in [1.165, 1.54) is 19.2 Å². The number of nitrogens with zero attached hydrogens (tertiary/aromatic N) is 2. The van der Waals surface area contributed by atoms with E-state index in [0.717, 1.165) is 35.4 Å². The summed E-state index contributed by atoms with van der Waals surface area (Å²) in [5.74, 6) is 1.51. The maximum atomic E-state index is 5.97. The number of anilines is 1. The van der Waals surface area contributed by atoms with Gasteiger partial charge in [0.2, 0.25) is 0 Å². The lowest BCUT2D eigenvalue weighted by atomic mass is 10.0. The highest BCUT2D eigenvalue weighted by Crippen LogP contribution is 2.30. The molecule has 0 amide bonds. The molecule has 0 saturated heterocycles. The summed E-state index contributed by atoms with van der Waals surface area (Å²) in [5, 5.41) is 0. The monoisotopic (exact) mass is 269 g/mol. The molecule has 0 spiro atoms.